The molecule has 2 aromatic carbocycles. The van der Waals surface area contributed by atoms with Crippen molar-refractivity contribution in [3.63, 3.8) is 0 Å². The number of halogens is 1. The quantitative estimate of drug-likeness (QED) is 0.680. The average molecular weight is 382 g/mol. The number of nitriles is 1. The summed E-state index contributed by atoms with van der Waals surface area (Å²) in [7, 11) is 0. The summed E-state index contributed by atoms with van der Waals surface area (Å²) in [6.45, 7) is -0.499. The zero-order valence-corrected chi connectivity index (χ0v) is 14.6. The van der Waals surface area contributed by atoms with Gasteiger partial charge in [-0.3, -0.25) is 4.79 Å². The maximum absolute atomic E-state index is 12.1. The van der Waals surface area contributed by atoms with Crippen molar-refractivity contribution in [2.24, 2.45) is 0 Å². The molecule has 1 N–H and O–H groups in total. The van der Waals surface area contributed by atoms with Gasteiger partial charge in [-0.15, -0.1) is 0 Å². The molecule has 0 fully saturated rings. The van der Waals surface area contributed by atoms with Crippen molar-refractivity contribution >= 4 is 29.2 Å². The number of rotatable bonds is 5. The third-order valence-electron chi connectivity index (χ3n) is 3.50. The van der Waals surface area contributed by atoms with E-state index in [1.807, 2.05) is 6.07 Å². The maximum Gasteiger partial charge on any atom is 0.338 e. The minimum atomic E-state index is -0.651. The lowest BCUT2D eigenvalue weighted by Gasteiger charge is -2.08. The summed E-state index contributed by atoms with van der Waals surface area (Å²) in [5, 5.41) is 15.9. The molecule has 3 aromatic rings. The van der Waals surface area contributed by atoms with E-state index in [4.69, 9.17) is 21.6 Å². The molecule has 27 heavy (non-hydrogen) atoms. The third-order valence-corrected chi connectivity index (χ3v) is 3.73. The topological polar surface area (TPSA) is 110 Å². The molecule has 9 heteroatoms. The molecular formula is C18H12ClN5O3. The molecule has 0 saturated heterocycles. The first kappa shape index (κ1) is 18.1. The number of carbonyl (C=O) groups excluding carboxylic acids is 2. The van der Waals surface area contributed by atoms with Crippen LogP contribution in [0.1, 0.15) is 15.9 Å². The standard InChI is InChI=1S/C18H12ClN5O3/c19-14-4-1-13(8-20)16(7-14)23-17(25)9-27-18(26)12-2-5-15(6-3-12)24-11-21-10-22-24/h1-7,10-11H,9H2,(H,23,25). The van der Waals surface area contributed by atoms with E-state index in [2.05, 4.69) is 15.4 Å². The molecule has 0 radical (unpaired) electrons. The predicted octanol–water partition coefficient (Wildman–Crippen LogP) is 2.59. The van der Waals surface area contributed by atoms with Crippen molar-refractivity contribution in [1.29, 1.82) is 5.26 Å². The van der Waals surface area contributed by atoms with E-state index in [0.717, 1.165) is 5.69 Å². The Labute approximate surface area is 159 Å². The molecule has 134 valence electrons. The molecule has 0 atom stereocenters. The van der Waals surface area contributed by atoms with Gasteiger partial charge in [0.1, 0.15) is 18.7 Å². The van der Waals surface area contributed by atoms with Crippen LogP contribution in [0.5, 0.6) is 0 Å². The fourth-order valence-electron chi connectivity index (χ4n) is 2.21. The van der Waals surface area contributed by atoms with Gasteiger partial charge in [-0.25, -0.2) is 14.5 Å². The number of amides is 1. The van der Waals surface area contributed by atoms with Crippen LogP contribution in [-0.4, -0.2) is 33.2 Å². The maximum atomic E-state index is 12.1. The van der Waals surface area contributed by atoms with Gasteiger partial charge in [0, 0.05) is 5.02 Å². The molecule has 0 bridgehead atoms. The summed E-state index contributed by atoms with van der Waals surface area (Å²) >= 11 is 5.86. The van der Waals surface area contributed by atoms with Crippen LogP contribution in [0.3, 0.4) is 0 Å². The second-order valence-electron chi connectivity index (χ2n) is 5.31. The summed E-state index contributed by atoms with van der Waals surface area (Å²) in [6.07, 6.45) is 2.93. The summed E-state index contributed by atoms with van der Waals surface area (Å²) < 4.78 is 6.54. The number of ether oxygens (including phenoxy) is 1. The van der Waals surface area contributed by atoms with Crippen LogP contribution < -0.4 is 5.32 Å². The van der Waals surface area contributed by atoms with Crippen LogP contribution in [0.25, 0.3) is 5.69 Å². The molecular weight excluding hydrogens is 370 g/mol. The number of nitrogens with one attached hydrogen (secondary N) is 1. The normalized spacial score (nSPS) is 10.1. The van der Waals surface area contributed by atoms with Gasteiger partial charge < -0.3 is 10.1 Å². The van der Waals surface area contributed by atoms with Gasteiger partial charge in [0.25, 0.3) is 5.91 Å². The first-order chi connectivity index (χ1) is 13.1. The fraction of sp³-hybridized carbons (Fsp3) is 0.0556. The van der Waals surface area contributed by atoms with E-state index in [1.165, 1.54) is 24.8 Å². The van der Waals surface area contributed by atoms with Crippen LogP contribution >= 0.6 is 11.6 Å². The number of benzene rings is 2. The largest absolute Gasteiger partial charge is 0.452 e. The highest BCUT2D eigenvalue weighted by molar-refractivity contribution is 6.31. The average Bonchev–Trinajstić information content (AvgIpc) is 3.21. The lowest BCUT2D eigenvalue weighted by molar-refractivity contribution is -0.119. The number of carbonyl (C=O) groups is 2. The number of aromatic nitrogens is 3. The van der Waals surface area contributed by atoms with E-state index in [-0.39, 0.29) is 16.8 Å². The molecule has 0 aliphatic heterocycles. The van der Waals surface area contributed by atoms with Crippen molar-refractivity contribution in [3.8, 4) is 11.8 Å². The van der Waals surface area contributed by atoms with Crippen molar-refractivity contribution in [2.75, 3.05) is 11.9 Å². The highest BCUT2D eigenvalue weighted by Crippen LogP contribution is 2.20. The molecule has 0 unspecified atom stereocenters. The molecule has 0 spiro atoms. The Balaban J connectivity index is 1.58. The van der Waals surface area contributed by atoms with E-state index in [0.29, 0.717) is 5.02 Å². The number of hydrogen-bond acceptors (Lipinski definition) is 6. The monoisotopic (exact) mass is 381 g/mol. The number of anilines is 1. The van der Waals surface area contributed by atoms with Gasteiger partial charge >= 0.3 is 5.97 Å². The highest BCUT2D eigenvalue weighted by atomic mass is 35.5. The van der Waals surface area contributed by atoms with E-state index in [9.17, 15) is 9.59 Å². The van der Waals surface area contributed by atoms with Crippen molar-refractivity contribution in [3.05, 3.63) is 71.3 Å². The second kappa shape index (κ2) is 8.12. The van der Waals surface area contributed by atoms with E-state index < -0.39 is 18.5 Å². The van der Waals surface area contributed by atoms with Crippen molar-refractivity contribution in [2.45, 2.75) is 0 Å². The number of hydrogen-bond donors (Lipinski definition) is 1. The van der Waals surface area contributed by atoms with E-state index in [1.54, 1.807) is 35.0 Å². The first-order valence-electron chi connectivity index (χ1n) is 7.68. The lowest BCUT2D eigenvalue weighted by Crippen LogP contribution is -2.21. The Morgan fingerprint density at radius 1 is 1.22 bits per heavy atom. The second-order valence-corrected chi connectivity index (χ2v) is 5.75. The minimum Gasteiger partial charge on any atom is -0.452 e. The van der Waals surface area contributed by atoms with Crippen molar-refractivity contribution < 1.29 is 14.3 Å². The number of esters is 1. The molecule has 1 heterocycles. The lowest BCUT2D eigenvalue weighted by atomic mass is 10.2. The zero-order chi connectivity index (χ0) is 19.2. The molecule has 1 amide bonds. The zero-order valence-electron chi connectivity index (χ0n) is 13.8. The minimum absolute atomic E-state index is 0.253. The summed E-state index contributed by atoms with van der Waals surface area (Å²) in [5.74, 6) is -1.23. The van der Waals surface area contributed by atoms with Gasteiger partial charge in [-0.1, -0.05) is 11.6 Å². The fourth-order valence-corrected chi connectivity index (χ4v) is 2.38. The highest BCUT2D eigenvalue weighted by Gasteiger charge is 2.12. The van der Waals surface area contributed by atoms with E-state index >= 15 is 0 Å². The van der Waals surface area contributed by atoms with Gasteiger partial charge in [-0.05, 0) is 42.5 Å². The van der Waals surface area contributed by atoms with Gasteiger partial charge in [0.15, 0.2) is 6.61 Å². The third kappa shape index (κ3) is 4.48. The molecule has 0 aliphatic carbocycles. The summed E-state index contributed by atoms with van der Waals surface area (Å²) in [6, 6.07) is 12.9. The smallest absolute Gasteiger partial charge is 0.338 e. The van der Waals surface area contributed by atoms with Crippen LogP contribution in [-0.2, 0) is 9.53 Å². The summed E-state index contributed by atoms with van der Waals surface area (Å²) in [4.78, 5) is 27.9. The summed E-state index contributed by atoms with van der Waals surface area (Å²) in [5.41, 5.74) is 1.52. The van der Waals surface area contributed by atoms with Gasteiger partial charge in [0.05, 0.1) is 22.5 Å². The Morgan fingerprint density at radius 2 is 2.00 bits per heavy atom. The molecule has 3 rings (SSSR count). The van der Waals surface area contributed by atoms with Crippen LogP contribution in [0, 0.1) is 11.3 Å². The Morgan fingerprint density at radius 3 is 2.67 bits per heavy atom. The Hall–Kier alpha value is -3.70. The van der Waals surface area contributed by atoms with Crippen LogP contribution in [0.15, 0.2) is 55.1 Å². The molecule has 8 nitrogen and oxygen atoms in total. The van der Waals surface area contributed by atoms with Crippen molar-refractivity contribution in [1.82, 2.24) is 14.8 Å². The Kier molecular flexibility index (Phi) is 5.44. The first-order valence-corrected chi connectivity index (χ1v) is 8.06. The molecule has 0 aliphatic rings. The van der Waals surface area contributed by atoms with Crippen LogP contribution in [0.4, 0.5) is 5.69 Å². The Bertz CT molecular complexity index is 1010. The molecule has 0 saturated carbocycles. The SMILES string of the molecule is N#Cc1ccc(Cl)cc1NC(=O)COC(=O)c1ccc(-n2cncn2)cc1. The number of nitrogens with zero attached hydrogens (tertiary/aromatic N) is 4. The van der Waals surface area contributed by atoms with Gasteiger partial charge in [0.2, 0.25) is 0 Å². The van der Waals surface area contributed by atoms with Gasteiger partial charge in [-0.2, -0.15) is 10.4 Å². The molecule has 1 aromatic heterocycles. The predicted molar refractivity (Wildman–Crippen MR) is 96.4 cm³/mol. The van der Waals surface area contributed by atoms with Crippen LogP contribution in [0.2, 0.25) is 5.02 Å².